The molecule has 1 heterocycles. The van der Waals surface area contributed by atoms with Crippen molar-refractivity contribution in [2.75, 3.05) is 0 Å². The third kappa shape index (κ3) is 3.33. The van der Waals surface area contributed by atoms with Crippen molar-refractivity contribution in [3.63, 3.8) is 0 Å². The van der Waals surface area contributed by atoms with Crippen molar-refractivity contribution in [3.05, 3.63) is 96.2 Å². The molecule has 0 N–H and O–H groups in total. The van der Waals surface area contributed by atoms with Crippen molar-refractivity contribution in [1.82, 2.24) is 4.98 Å². The largest absolute Gasteiger partial charge is 2.00 e. The van der Waals surface area contributed by atoms with Gasteiger partial charge in [-0.1, -0.05) is 47.9 Å². The van der Waals surface area contributed by atoms with Gasteiger partial charge in [-0.2, -0.15) is 29.8 Å². The molecule has 0 unspecified atom stereocenters. The van der Waals surface area contributed by atoms with Crippen LogP contribution in [0.4, 0.5) is 0 Å². The Balaban J connectivity index is 0.000000140. The van der Waals surface area contributed by atoms with E-state index in [1.165, 1.54) is 21.9 Å². The number of benzene rings is 3. The topological polar surface area (TPSA) is 12.9 Å². The first-order chi connectivity index (χ1) is 11.4. The first-order valence-corrected chi connectivity index (χ1v) is 7.70. The number of pyridine rings is 1. The standard InChI is InChI=1S/C13H9.C9H6N.Ti/c1-2-6-12-10(4-1)8-9-11-5-3-7-13(11)12;1-2-6-9-8(4-1)5-3-7-10-9;/h1-2,4,6-9H,5H2;1-5,7H;/q2*-1;+2. The van der Waals surface area contributed by atoms with Crippen LogP contribution in [0.2, 0.25) is 0 Å². The van der Waals surface area contributed by atoms with Crippen LogP contribution in [-0.4, -0.2) is 4.98 Å². The summed E-state index contributed by atoms with van der Waals surface area (Å²) in [4.78, 5) is 4.13. The van der Waals surface area contributed by atoms with Gasteiger partial charge in [0, 0.05) is 6.20 Å². The van der Waals surface area contributed by atoms with Gasteiger partial charge in [-0.15, -0.1) is 23.4 Å². The number of hydrogen-bond acceptors (Lipinski definition) is 1. The molecule has 0 aliphatic heterocycles. The van der Waals surface area contributed by atoms with Gasteiger partial charge in [0.25, 0.3) is 0 Å². The minimum atomic E-state index is 0. The van der Waals surface area contributed by atoms with Crippen molar-refractivity contribution < 1.29 is 21.7 Å². The average Bonchev–Trinajstić information content (AvgIpc) is 3.12. The van der Waals surface area contributed by atoms with E-state index in [9.17, 15) is 0 Å². The van der Waals surface area contributed by atoms with Crippen LogP contribution >= 0.6 is 0 Å². The molecule has 4 aromatic rings. The zero-order valence-electron chi connectivity index (χ0n) is 13.2. The number of rotatable bonds is 0. The molecular formula is C22H15NTi. The van der Waals surface area contributed by atoms with Gasteiger partial charge < -0.3 is 0 Å². The van der Waals surface area contributed by atoms with Gasteiger partial charge in [0.05, 0.1) is 0 Å². The second-order valence-corrected chi connectivity index (χ2v) is 5.50. The van der Waals surface area contributed by atoms with E-state index >= 15 is 0 Å². The van der Waals surface area contributed by atoms with Crippen molar-refractivity contribution in [2.45, 2.75) is 6.42 Å². The molecule has 0 amide bonds. The summed E-state index contributed by atoms with van der Waals surface area (Å²) in [6, 6.07) is 25.7. The van der Waals surface area contributed by atoms with E-state index in [2.05, 4.69) is 59.6 Å². The predicted molar refractivity (Wildman–Crippen MR) is 95.9 cm³/mol. The van der Waals surface area contributed by atoms with Crippen LogP contribution in [-0.2, 0) is 28.1 Å². The fourth-order valence-electron chi connectivity index (χ4n) is 2.88. The second kappa shape index (κ2) is 7.57. The van der Waals surface area contributed by atoms with Gasteiger partial charge in [-0.05, 0) is 10.9 Å². The molecule has 5 rings (SSSR count). The minimum absolute atomic E-state index is 0. The van der Waals surface area contributed by atoms with Gasteiger partial charge in [-0.25, -0.2) is 6.08 Å². The Bertz CT molecular complexity index is 939. The molecule has 1 aliphatic carbocycles. The molecule has 1 aromatic heterocycles. The smallest absolute Gasteiger partial charge is 0.283 e. The fourth-order valence-corrected chi connectivity index (χ4v) is 2.88. The van der Waals surface area contributed by atoms with Gasteiger partial charge in [0.2, 0.25) is 0 Å². The Labute approximate surface area is 156 Å². The zero-order valence-corrected chi connectivity index (χ0v) is 14.7. The molecule has 112 valence electrons. The molecule has 1 nitrogen and oxygen atoms in total. The molecule has 0 bridgehead atoms. The Morgan fingerprint density at radius 2 is 1.67 bits per heavy atom. The van der Waals surface area contributed by atoms with E-state index in [4.69, 9.17) is 0 Å². The molecular weight excluding hydrogens is 326 g/mol. The van der Waals surface area contributed by atoms with Gasteiger partial charge >= 0.3 is 21.7 Å². The maximum Gasteiger partial charge on any atom is 2.00 e. The van der Waals surface area contributed by atoms with Crippen molar-refractivity contribution in [2.24, 2.45) is 0 Å². The van der Waals surface area contributed by atoms with E-state index in [0.29, 0.717) is 0 Å². The van der Waals surface area contributed by atoms with Crippen molar-refractivity contribution >= 4 is 27.8 Å². The molecule has 3 aromatic carbocycles. The summed E-state index contributed by atoms with van der Waals surface area (Å²) in [6.07, 6.45) is 8.11. The number of hydrogen-bond donors (Lipinski definition) is 0. The summed E-state index contributed by atoms with van der Waals surface area (Å²) < 4.78 is 0. The van der Waals surface area contributed by atoms with Crippen LogP contribution in [0.1, 0.15) is 11.1 Å². The van der Waals surface area contributed by atoms with E-state index in [0.717, 1.165) is 17.3 Å². The number of fused-ring (bicyclic) bond motifs is 4. The third-order valence-corrected chi connectivity index (χ3v) is 4.03. The van der Waals surface area contributed by atoms with Crippen LogP contribution in [0.3, 0.4) is 0 Å². The first kappa shape index (κ1) is 16.6. The maximum absolute atomic E-state index is 4.13. The Morgan fingerprint density at radius 1 is 0.833 bits per heavy atom. The van der Waals surface area contributed by atoms with Crippen molar-refractivity contribution in [1.29, 1.82) is 0 Å². The first-order valence-electron chi connectivity index (χ1n) is 7.70. The van der Waals surface area contributed by atoms with Crippen LogP contribution in [0, 0.1) is 12.1 Å². The predicted octanol–water partition coefficient (Wildman–Crippen LogP) is 5.24. The number of aromatic nitrogens is 1. The third-order valence-electron chi connectivity index (χ3n) is 4.03. The van der Waals surface area contributed by atoms with Gasteiger partial charge in [0.15, 0.2) is 0 Å². The van der Waals surface area contributed by atoms with E-state index in [1.807, 2.05) is 30.3 Å². The molecule has 0 radical (unpaired) electrons. The Hall–Kier alpha value is -2.22. The second-order valence-electron chi connectivity index (χ2n) is 5.50. The van der Waals surface area contributed by atoms with Gasteiger partial charge in [0.1, 0.15) is 0 Å². The molecule has 0 spiro atoms. The van der Waals surface area contributed by atoms with Crippen molar-refractivity contribution in [3.8, 4) is 0 Å². The van der Waals surface area contributed by atoms with Crippen LogP contribution in [0.5, 0.6) is 0 Å². The monoisotopic (exact) mass is 341 g/mol. The molecule has 24 heavy (non-hydrogen) atoms. The summed E-state index contributed by atoms with van der Waals surface area (Å²) in [6.45, 7) is 0. The molecule has 0 saturated carbocycles. The van der Waals surface area contributed by atoms with Crippen LogP contribution in [0.25, 0.3) is 27.8 Å². The average molecular weight is 341 g/mol. The van der Waals surface area contributed by atoms with E-state index in [-0.39, 0.29) is 21.7 Å². The zero-order chi connectivity index (χ0) is 15.5. The molecule has 2 heteroatoms. The number of para-hydroxylation sites is 1. The van der Waals surface area contributed by atoms with E-state index < -0.39 is 0 Å². The normalized spacial score (nSPS) is 11.5. The summed E-state index contributed by atoms with van der Waals surface area (Å²) in [5, 5.41) is 3.82. The molecule has 0 saturated heterocycles. The fraction of sp³-hybridized carbons (Fsp3) is 0.0455. The van der Waals surface area contributed by atoms with Crippen LogP contribution in [0.15, 0.2) is 72.9 Å². The summed E-state index contributed by atoms with van der Waals surface area (Å²) in [5.41, 5.74) is 3.70. The SMILES string of the molecule is [C-]1=Cc2c(ccc3ccccc23)C1.[Ti+2].[c-]1cccc2cccnc12. The minimum Gasteiger partial charge on any atom is -0.283 e. The van der Waals surface area contributed by atoms with Gasteiger partial charge in [-0.3, -0.25) is 11.1 Å². The van der Waals surface area contributed by atoms with E-state index in [1.54, 1.807) is 6.20 Å². The summed E-state index contributed by atoms with van der Waals surface area (Å²) >= 11 is 0. The molecule has 1 aliphatic rings. The maximum atomic E-state index is 4.13. The van der Waals surface area contributed by atoms with Crippen LogP contribution < -0.4 is 0 Å². The molecule has 0 fully saturated rings. The molecule has 0 atom stereocenters. The number of allylic oxidation sites excluding steroid dienone is 1. The summed E-state index contributed by atoms with van der Waals surface area (Å²) in [7, 11) is 0. The summed E-state index contributed by atoms with van der Waals surface area (Å²) in [5.74, 6) is 0. The Kier molecular flexibility index (Phi) is 5.25. The quantitative estimate of drug-likeness (QED) is 0.315. The number of nitrogens with zero attached hydrogens (tertiary/aromatic N) is 1. The Morgan fingerprint density at radius 3 is 2.58 bits per heavy atom.